The highest BCUT2D eigenvalue weighted by atomic mass is 35.5. The van der Waals surface area contributed by atoms with Gasteiger partial charge in [-0.05, 0) is 68.3 Å². The van der Waals surface area contributed by atoms with E-state index in [1.807, 2.05) is 6.92 Å². The molecule has 8 nitrogen and oxygen atoms in total. The Kier molecular flexibility index (Phi) is 8.49. The van der Waals surface area contributed by atoms with Crippen molar-refractivity contribution in [3.05, 3.63) is 88.4 Å². The van der Waals surface area contributed by atoms with E-state index in [2.05, 4.69) is 15.8 Å². The Bertz CT molecular complexity index is 1420. The minimum Gasteiger partial charge on any atom is -0.326 e. The van der Waals surface area contributed by atoms with Crippen molar-refractivity contribution in [3.63, 3.8) is 0 Å². The van der Waals surface area contributed by atoms with Crippen LogP contribution in [0, 0.1) is 13.8 Å². The fraction of sp³-hybridized carbons (Fsp3) is 0.192. The van der Waals surface area contributed by atoms with Gasteiger partial charge in [0.15, 0.2) is 0 Å². The third kappa shape index (κ3) is 6.71. The molecular formula is C26H27ClN4O4S. The van der Waals surface area contributed by atoms with Crippen molar-refractivity contribution in [1.82, 2.24) is 5.43 Å². The average molecular weight is 527 g/mol. The van der Waals surface area contributed by atoms with Gasteiger partial charge < -0.3 is 5.32 Å². The number of hydrogen-bond donors (Lipinski definition) is 2. The van der Waals surface area contributed by atoms with Gasteiger partial charge >= 0.3 is 0 Å². The fourth-order valence-electron chi connectivity index (χ4n) is 3.39. The van der Waals surface area contributed by atoms with E-state index in [-0.39, 0.29) is 10.8 Å². The zero-order valence-corrected chi connectivity index (χ0v) is 21.9. The lowest BCUT2D eigenvalue weighted by Gasteiger charge is -2.25. The Balaban J connectivity index is 1.89. The lowest BCUT2D eigenvalue weighted by Crippen LogP contribution is -2.40. The molecule has 0 radical (unpaired) electrons. The maximum absolute atomic E-state index is 13.6. The Hall–Kier alpha value is -3.69. The normalized spacial score (nSPS) is 11.6. The van der Waals surface area contributed by atoms with Crippen molar-refractivity contribution >= 4 is 50.5 Å². The summed E-state index contributed by atoms with van der Waals surface area (Å²) < 4.78 is 28.1. The molecular weight excluding hydrogens is 500 g/mol. The number of sulfonamides is 1. The van der Waals surface area contributed by atoms with Gasteiger partial charge in [-0.3, -0.25) is 13.9 Å². The second-order valence-electron chi connectivity index (χ2n) is 8.25. The SMILES string of the molecule is CC(=O)Nc1cccc(/C(C)=N\NC(=O)CN(c2cc(Cl)ccc2C)S(=O)(=O)c2ccc(C)cc2)c1. The van der Waals surface area contributed by atoms with Gasteiger partial charge in [-0.25, -0.2) is 13.8 Å². The van der Waals surface area contributed by atoms with E-state index < -0.39 is 22.5 Å². The lowest BCUT2D eigenvalue weighted by atomic mass is 10.1. The van der Waals surface area contributed by atoms with Crippen LogP contribution in [0.1, 0.15) is 30.5 Å². The molecule has 0 bridgehead atoms. The Morgan fingerprint density at radius 2 is 1.67 bits per heavy atom. The first kappa shape index (κ1) is 26.9. The number of nitrogens with one attached hydrogen (secondary N) is 2. The van der Waals surface area contributed by atoms with Gasteiger partial charge in [0, 0.05) is 17.6 Å². The predicted molar refractivity (Wildman–Crippen MR) is 143 cm³/mol. The van der Waals surface area contributed by atoms with Crippen molar-refractivity contribution < 1.29 is 18.0 Å². The standard InChI is InChI=1S/C26H27ClN4O4S/c1-17-8-12-24(13-9-17)36(34,35)31(25-15-22(27)11-10-18(25)2)16-26(33)30-29-19(3)21-6-5-7-23(14-21)28-20(4)32/h5-15H,16H2,1-4H3,(H,28,32)(H,30,33)/b29-19-. The largest absolute Gasteiger partial charge is 0.326 e. The van der Waals surface area contributed by atoms with Crippen molar-refractivity contribution in [2.45, 2.75) is 32.6 Å². The Morgan fingerprint density at radius 3 is 2.33 bits per heavy atom. The number of hydrazone groups is 1. The van der Waals surface area contributed by atoms with Crippen LogP contribution in [0.4, 0.5) is 11.4 Å². The molecule has 0 saturated carbocycles. The second-order valence-corrected chi connectivity index (χ2v) is 10.5. The van der Waals surface area contributed by atoms with Gasteiger partial charge in [-0.1, -0.05) is 47.5 Å². The van der Waals surface area contributed by atoms with Crippen LogP contribution in [0.2, 0.25) is 5.02 Å². The molecule has 0 aliphatic heterocycles. The van der Waals surface area contributed by atoms with Crippen molar-refractivity contribution in [2.75, 3.05) is 16.2 Å². The van der Waals surface area contributed by atoms with E-state index in [1.165, 1.54) is 25.1 Å². The number of hydrogen-bond acceptors (Lipinski definition) is 5. The van der Waals surface area contributed by atoms with Gasteiger partial charge in [0.2, 0.25) is 5.91 Å². The second kappa shape index (κ2) is 11.4. The van der Waals surface area contributed by atoms with Gasteiger partial charge in [0.25, 0.3) is 15.9 Å². The van der Waals surface area contributed by atoms with Gasteiger partial charge in [-0.15, -0.1) is 0 Å². The molecule has 3 rings (SSSR count). The summed E-state index contributed by atoms with van der Waals surface area (Å²) in [6.07, 6.45) is 0. The molecule has 10 heteroatoms. The van der Waals surface area contributed by atoms with E-state index in [4.69, 9.17) is 11.6 Å². The van der Waals surface area contributed by atoms with E-state index in [9.17, 15) is 18.0 Å². The first-order chi connectivity index (χ1) is 17.0. The highest BCUT2D eigenvalue weighted by Crippen LogP contribution is 2.29. The molecule has 0 heterocycles. The van der Waals surface area contributed by atoms with Crippen molar-refractivity contribution in [3.8, 4) is 0 Å². The fourth-order valence-corrected chi connectivity index (χ4v) is 5.03. The summed E-state index contributed by atoms with van der Waals surface area (Å²) in [7, 11) is -4.09. The quantitative estimate of drug-likeness (QED) is 0.329. The maximum atomic E-state index is 13.6. The number of rotatable bonds is 8. The van der Waals surface area contributed by atoms with Gasteiger partial charge in [0.05, 0.1) is 16.3 Å². The number of benzene rings is 3. The molecule has 0 fully saturated rings. The number of halogens is 1. The minimum absolute atomic E-state index is 0.0507. The van der Waals surface area contributed by atoms with E-state index in [1.54, 1.807) is 62.4 Å². The number of carbonyl (C=O) groups excluding carboxylic acids is 2. The smallest absolute Gasteiger partial charge is 0.264 e. The van der Waals surface area contributed by atoms with Crippen LogP contribution in [-0.2, 0) is 19.6 Å². The van der Waals surface area contributed by atoms with Crippen LogP contribution in [0.15, 0.2) is 76.7 Å². The highest BCUT2D eigenvalue weighted by molar-refractivity contribution is 7.92. The van der Waals surface area contributed by atoms with Crippen molar-refractivity contribution in [1.29, 1.82) is 0 Å². The zero-order valence-electron chi connectivity index (χ0n) is 20.4. The third-order valence-corrected chi connectivity index (χ3v) is 7.29. The van der Waals surface area contributed by atoms with E-state index in [0.29, 0.717) is 33.2 Å². The molecule has 0 atom stereocenters. The molecule has 2 N–H and O–H groups in total. The number of carbonyl (C=O) groups is 2. The predicted octanol–water partition coefficient (Wildman–Crippen LogP) is 4.65. The molecule has 0 aliphatic rings. The van der Waals surface area contributed by atoms with E-state index in [0.717, 1.165) is 9.87 Å². The minimum atomic E-state index is -4.09. The Labute approximate surface area is 216 Å². The first-order valence-electron chi connectivity index (χ1n) is 11.0. The molecule has 0 spiro atoms. The van der Waals surface area contributed by atoms with Gasteiger partial charge in [-0.2, -0.15) is 5.10 Å². The third-order valence-electron chi connectivity index (χ3n) is 5.29. The molecule has 36 heavy (non-hydrogen) atoms. The van der Waals surface area contributed by atoms with Crippen LogP contribution in [-0.4, -0.2) is 32.5 Å². The molecule has 0 aliphatic carbocycles. The van der Waals surface area contributed by atoms with Crippen LogP contribution in [0.25, 0.3) is 0 Å². The maximum Gasteiger partial charge on any atom is 0.264 e. The zero-order chi connectivity index (χ0) is 26.5. The molecule has 188 valence electrons. The van der Waals surface area contributed by atoms with Crippen LogP contribution < -0.4 is 15.0 Å². The summed E-state index contributed by atoms with van der Waals surface area (Å²) in [5.41, 5.74) is 6.01. The summed E-state index contributed by atoms with van der Waals surface area (Å²) in [4.78, 5) is 24.3. The number of amides is 2. The molecule has 0 aromatic heterocycles. The average Bonchev–Trinajstić information content (AvgIpc) is 2.82. The summed E-state index contributed by atoms with van der Waals surface area (Å²) in [5, 5.41) is 7.15. The van der Waals surface area contributed by atoms with Gasteiger partial charge in [0.1, 0.15) is 6.54 Å². The molecule has 0 saturated heterocycles. The summed E-state index contributed by atoms with van der Waals surface area (Å²) >= 11 is 6.16. The summed E-state index contributed by atoms with van der Waals surface area (Å²) in [6.45, 7) is 6.18. The summed E-state index contributed by atoms with van der Waals surface area (Å²) in [6, 6.07) is 18.2. The van der Waals surface area contributed by atoms with Crippen molar-refractivity contribution in [2.24, 2.45) is 5.10 Å². The Morgan fingerprint density at radius 1 is 0.972 bits per heavy atom. The number of aryl methyl sites for hydroxylation is 2. The molecule has 3 aromatic rings. The topological polar surface area (TPSA) is 108 Å². The molecule has 0 unspecified atom stereocenters. The highest BCUT2D eigenvalue weighted by Gasteiger charge is 2.28. The number of nitrogens with zero attached hydrogens (tertiary/aromatic N) is 2. The van der Waals surface area contributed by atoms with Crippen LogP contribution >= 0.6 is 11.6 Å². The molecule has 2 amide bonds. The first-order valence-corrected chi connectivity index (χ1v) is 12.9. The lowest BCUT2D eigenvalue weighted by molar-refractivity contribution is -0.119. The van der Waals surface area contributed by atoms with Crippen LogP contribution in [0.3, 0.4) is 0 Å². The molecule has 3 aromatic carbocycles. The monoisotopic (exact) mass is 526 g/mol. The summed E-state index contributed by atoms with van der Waals surface area (Å²) in [5.74, 6) is -0.844. The van der Waals surface area contributed by atoms with E-state index >= 15 is 0 Å². The van der Waals surface area contributed by atoms with Crippen LogP contribution in [0.5, 0.6) is 0 Å². The number of anilines is 2.